The minimum absolute atomic E-state index is 0.0234. The molecule has 0 atom stereocenters. The lowest BCUT2D eigenvalue weighted by molar-refractivity contribution is 0.601. The summed E-state index contributed by atoms with van der Waals surface area (Å²) < 4.78 is 27.4. The van der Waals surface area contributed by atoms with Crippen LogP contribution in [0.1, 0.15) is 11.1 Å². The summed E-state index contributed by atoms with van der Waals surface area (Å²) >= 11 is 12.0. The Morgan fingerprint density at radius 2 is 1.76 bits per heavy atom. The molecule has 7 heteroatoms. The lowest BCUT2D eigenvalue weighted by Gasteiger charge is -2.12. The molecule has 0 aliphatic carbocycles. The predicted octanol–water partition coefficient (Wildman–Crippen LogP) is 3.56. The third-order valence-electron chi connectivity index (χ3n) is 2.89. The highest BCUT2D eigenvalue weighted by Gasteiger charge is 2.19. The van der Waals surface area contributed by atoms with E-state index in [0.717, 1.165) is 5.56 Å². The zero-order valence-electron chi connectivity index (χ0n) is 11.2. The first-order valence-electron chi connectivity index (χ1n) is 6.11. The summed E-state index contributed by atoms with van der Waals surface area (Å²) in [6.07, 6.45) is 0. The maximum absolute atomic E-state index is 12.5. The van der Waals surface area contributed by atoms with Crippen molar-refractivity contribution in [2.24, 2.45) is 5.73 Å². The molecule has 0 radical (unpaired) electrons. The maximum atomic E-state index is 12.5. The maximum Gasteiger partial charge on any atom is 0.263 e. The summed E-state index contributed by atoms with van der Waals surface area (Å²) in [5.41, 5.74) is 7.40. The highest BCUT2D eigenvalue weighted by atomic mass is 35.5. The van der Waals surface area contributed by atoms with Crippen molar-refractivity contribution in [3.8, 4) is 0 Å². The summed E-state index contributed by atoms with van der Waals surface area (Å²) in [7, 11) is -3.84. The smallest absolute Gasteiger partial charge is 0.263 e. The first-order valence-corrected chi connectivity index (χ1v) is 8.35. The third kappa shape index (κ3) is 3.68. The Bertz CT molecular complexity index is 777. The zero-order valence-corrected chi connectivity index (χ0v) is 13.6. The van der Waals surface area contributed by atoms with Crippen LogP contribution >= 0.6 is 23.2 Å². The molecule has 4 nitrogen and oxygen atoms in total. The van der Waals surface area contributed by atoms with Gasteiger partial charge in [-0.15, -0.1) is 0 Å². The highest BCUT2D eigenvalue weighted by molar-refractivity contribution is 7.92. The lowest BCUT2D eigenvalue weighted by atomic mass is 10.2. The van der Waals surface area contributed by atoms with Gasteiger partial charge in [0.25, 0.3) is 10.0 Å². The Kier molecular flexibility index (Phi) is 4.78. The van der Waals surface area contributed by atoms with Crippen LogP contribution in [0.25, 0.3) is 0 Å². The van der Waals surface area contributed by atoms with Gasteiger partial charge in [0.2, 0.25) is 0 Å². The first kappa shape index (κ1) is 16.1. The van der Waals surface area contributed by atoms with Crippen LogP contribution in [0.5, 0.6) is 0 Å². The summed E-state index contributed by atoms with van der Waals surface area (Å²) in [6, 6.07) is 9.72. The van der Waals surface area contributed by atoms with E-state index in [1.165, 1.54) is 12.1 Å². The molecule has 0 aromatic heterocycles. The van der Waals surface area contributed by atoms with Crippen molar-refractivity contribution >= 4 is 38.9 Å². The number of benzene rings is 2. The van der Waals surface area contributed by atoms with Gasteiger partial charge in [-0.2, -0.15) is 0 Å². The second kappa shape index (κ2) is 6.23. The molecule has 0 aliphatic heterocycles. The fourth-order valence-corrected chi connectivity index (χ4v) is 3.64. The fourth-order valence-electron chi connectivity index (χ4n) is 1.80. The van der Waals surface area contributed by atoms with E-state index in [4.69, 9.17) is 28.9 Å². The predicted molar refractivity (Wildman–Crippen MR) is 86.3 cm³/mol. The van der Waals surface area contributed by atoms with Crippen molar-refractivity contribution in [2.75, 3.05) is 4.72 Å². The van der Waals surface area contributed by atoms with Gasteiger partial charge in [0, 0.05) is 6.54 Å². The van der Waals surface area contributed by atoms with Gasteiger partial charge in [0.15, 0.2) is 0 Å². The molecule has 3 N–H and O–H groups in total. The topological polar surface area (TPSA) is 72.2 Å². The molecule has 0 spiro atoms. The molecule has 0 saturated carbocycles. The minimum Gasteiger partial charge on any atom is -0.326 e. The molecule has 0 saturated heterocycles. The van der Waals surface area contributed by atoms with Gasteiger partial charge in [-0.25, -0.2) is 8.42 Å². The van der Waals surface area contributed by atoms with Crippen LogP contribution in [-0.2, 0) is 16.6 Å². The number of aryl methyl sites for hydroxylation is 1. The second-order valence-corrected chi connectivity index (χ2v) is 7.02. The molecule has 0 fully saturated rings. The van der Waals surface area contributed by atoms with Gasteiger partial charge in [-0.05, 0) is 42.3 Å². The summed E-state index contributed by atoms with van der Waals surface area (Å²) in [6.45, 7) is 2.07. The Morgan fingerprint density at radius 3 is 2.43 bits per heavy atom. The van der Waals surface area contributed by atoms with Crippen LogP contribution in [0.15, 0.2) is 41.3 Å². The normalized spacial score (nSPS) is 11.4. The van der Waals surface area contributed by atoms with E-state index in [2.05, 4.69) is 4.72 Å². The number of sulfonamides is 1. The molecular weight excluding hydrogens is 331 g/mol. The van der Waals surface area contributed by atoms with Crippen molar-refractivity contribution < 1.29 is 8.42 Å². The van der Waals surface area contributed by atoms with Crippen LogP contribution in [0.3, 0.4) is 0 Å². The fraction of sp³-hybridized carbons (Fsp3) is 0.143. The molecule has 2 aromatic rings. The van der Waals surface area contributed by atoms with E-state index in [1.807, 2.05) is 6.92 Å². The zero-order chi connectivity index (χ0) is 15.6. The minimum atomic E-state index is -3.84. The van der Waals surface area contributed by atoms with Gasteiger partial charge in [0.05, 0.1) is 15.7 Å². The highest BCUT2D eigenvalue weighted by Crippen LogP contribution is 2.28. The van der Waals surface area contributed by atoms with Crippen LogP contribution in [0, 0.1) is 6.92 Å². The largest absolute Gasteiger partial charge is 0.326 e. The van der Waals surface area contributed by atoms with Crippen molar-refractivity contribution in [3.63, 3.8) is 0 Å². The van der Waals surface area contributed by atoms with Gasteiger partial charge in [0.1, 0.15) is 4.90 Å². The Morgan fingerprint density at radius 1 is 1.10 bits per heavy atom. The van der Waals surface area contributed by atoms with E-state index in [1.54, 1.807) is 24.3 Å². The molecule has 0 amide bonds. The number of halogens is 2. The van der Waals surface area contributed by atoms with Crippen LogP contribution in [0.4, 0.5) is 5.69 Å². The van der Waals surface area contributed by atoms with Crippen molar-refractivity contribution in [3.05, 3.63) is 57.6 Å². The molecular formula is C14H14Cl2N2O2S. The van der Waals surface area contributed by atoms with E-state index in [-0.39, 0.29) is 16.5 Å². The van der Waals surface area contributed by atoms with E-state index >= 15 is 0 Å². The van der Waals surface area contributed by atoms with Crippen molar-refractivity contribution in [2.45, 2.75) is 18.4 Å². The third-order valence-corrected chi connectivity index (χ3v) is 5.06. The molecule has 0 aliphatic rings. The van der Waals surface area contributed by atoms with Gasteiger partial charge >= 0.3 is 0 Å². The number of anilines is 1. The second-order valence-electron chi connectivity index (χ2n) is 4.56. The molecule has 0 bridgehead atoms. The standard InChI is InChI=1S/C14H14Cl2N2O2S/c1-9-2-4-11(15)13(6-9)18-21(19,20)14-7-10(8-17)3-5-12(14)16/h2-7,18H,8,17H2,1H3. The van der Waals surface area contributed by atoms with Gasteiger partial charge in [-0.3, -0.25) is 4.72 Å². The monoisotopic (exact) mass is 344 g/mol. The van der Waals surface area contributed by atoms with Crippen molar-refractivity contribution in [1.82, 2.24) is 0 Å². The summed E-state index contributed by atoms with van der Waals surface area (Å²) in [5, 5.41) is 0.443. The molecule has 2 aromatic carbocycles. The number of hydrogen-bond donors (Lipinski definition) is 2. The molecule has 0 unspecified atom stereocenters. The Labute approximate surface area is 133 Å². The van der Waals surface area contributed by atoms with Crippen LogP contribution < -0.4 is 10.5 Å². The average molecular weight is 345 g/mol. The molecule has 112 valence electrons. The van der Waals surface area contributed by atoms with E-state index in [9.17, 15) is 8.42 Å². The Hall–Kier alpha value is -1.27. The van der Waals surface area contributed by atoms with E-state index < -0.39 is 10.0 Å². The first-order chi connectivity index (χ1) is 9.83. The Balaban J connectivity index is 2.45. The molecule has 2 rings (SSSR count). The summed E-state index contributed by atoms with van der Waals surface area (Å²) in [5.74, 6) is 0. The SMILES string of the molecule is Cc1ccc(Cl)c(NS(=O)(=O)c2cc(CN)ccc2Cl)c1. The molecule has 0 heterocycles. The quantitative estimate of drug-likeness (QED) is 0.890. The lowest BCUT2D eigenvalue weighted by Crippen LogP contribution is -2.14. The summed E-state index contributed by atoms with van der Waals surface area (Å²) in [4.78, 5) is -0.0234. The number of hydrogen-bond acceptors (Lipinski definition) is 3. The van der Waals surface area contributed by atoms with Gasteiger partial charge < -0.3 is 5.73 Å². The van der Waals surface area contributed by atoms with Gasteiger partial charge in [-0.1, -0.05) is 35.3 Å². The van der Waals surface area contributed by atoms with Crippen LogP contribution in [-0.4, -0.2) is 8.42 Å². The molecule has 21 heavy (non-hydrogen) atoms. The number of rotatable bonds is 4. The van der Waals surface area contributed by atoms with Crippen LogP contribution in [0.2, 0.25) is 10.0 Å². The number of nitrogens with two attached hydrogens (primary N) is 1. The van der Waals surface area contributed by atoms with E-state index in [0.29, 0.717) is 16.3 Å². The van der Waals surface area contributed by atoms with Crippen molar-refractivity contribution in [1.29, 1.82) is 0 Å². The average Bonchev–Trinajstić information content (AvgIpc) is 2.43. The number of nitrogens with one attached hydrogen (secondary N) is 1.